The van der Waals surface area contributed by atoms with E-state index in [1.807, 2.05) is 19.1 Å². The number of aromatic amines is 1. The first-order chi connectivity index (χ1) is 6.59. The molecule has 1 aromatic heterocycles. The zero-order valence-corrected chi connectivity index (χ0v) is 9.05. The van der Waals surface area contributed by atoms with Gasteiger partial charge < -0.3 is 10.1 Å². The fraction of sp³-hybridized carbons (Fsp3) is 0.100. The maximum atomic E-state index is 10.9. The predicted molar refractivity (Wildman–Crippen MR) is 57.7 cm³/mol. The van der Waals surface area contributed by atoms with E-state index in [9.17, 15) is 4.79 Å². The molecule has 2 N–H and O–H groups in total. The number of halogens is 1. The largest absolute Gasteiger partial charge is 0.478 e. The quantitative estimate of drug-likeness (QED) is 0.821. The van der Waals surface area contributed by atoms with Crippen LogP contribution in [-0.4, -0.2) is 16.1 Å². The molecule has 0 atom stereocenters. The molecule has 0 amide bonds. The van der Waals surface area contributed by atoms with Crippen molar-refractivity contribution in [1.82, 2.24) is 4.98 Å². The van der Waals surface area contributed by atoms with Gasteiger partial charge in [-0.15, -0.1) is 0 Å². The van der Waals surface area contributed by atoms with Gasteiger partial charge in [0.2, 0.25) is 0 Å². The molecular formula is C10H8BrNO2. The van der Waals surface area contributed by atoms with Gasteiger partial charge in [0.15, 0.2) is 0 Å². The number of carbonyl (C=O) groups is 1. The molecule has 1 heterocycles. The Bertz CT molecular complexity index is 516. The number of hydrogen-bond donors (Lipinski definition) is 2. The molecular weight excluding hydrogens is 246 g/mol. The van der Waals surface area contributed by atoms with Gasteiger partial charge in [0, 0.05) is 21.6 Å². The summed E-state index contributed by atoms with van der Waals surface area (Å²) in [7, 11) is 0. The summed E-state index contributed by atoms with van der Waals surface area (Å²) in [5.74, 6) is -0.901. The van der Waals surface area contributed by atoms with Gasteiger partial charge in [-0.1, -0.05) is 15.9 Å². The van der Waals surface area contributed by atoms with Gasteiger partial charge in [-0.2, -0.15) is 0 Å². The van der Waals surface area contributed by atoms with Crippen molar-refractivity contribution < 1.29 is 9.90 Å². The Morgan fingerprint density at radius 3 is 2.86 bits per heavy atom. The maximum Gasteiger partial charge on any atom is 0.337 e. The molecule has 0 saturated carbocycles. The number of fused-ring (bicyclic) bond motifs is 1. The van der Waals surface area contributed by atoms with Crippen LogP contribution in [0, 0.1) is 6.92 Å². The number of aromatic carboxylic acids is 1. The standard InChI is InChI=1S/C10H8BrNO2/c1-5-2-6(11)3-8-9(5)7(4-12-8)10(13)14/h2-4,12H,1H3,(H,13,14). The van der Waals surface area contributed by atoms with Crippen LogP contribution in [0.1, 0.15) is 15.9 Å². The zero-order chi connectivity index (χ0) is 10.3. The monoisotopic (exact) mass is 253 g/mol. The summed E-state index contributed by atoms with van der Waals surface area (Å²) in [6, 6.07) is 3.78. The molecule has 0 radical (unpaired) electrons. The maximum absolute atomic E-state index is 10.9. The van der Waals surface area contributed by atoms with Crippen molar-refractivity contribution in [2.24, 2.45) is 0 Å². The molecule has 1 aromatic carbocycles. The Morgan fingerprint density at radius 2 is 2.21 bits per heavy atom. The smallest absolute Gasteiger partial charge is 0.337 e. The highest BCUT2D eigenvalue weighted by molar-refractivity contribution is 9.10. The minimum atomic E-state index is -0.901. The molecule has 0 aliphatic carbocycles. The molecule has 2 rings (SSSR count). The van der Waals surface area contributed by atoms with Crippen molar-refractivity contribution in [1.29, 1.82) is 0 Å². The van der Waals surface area contributed by atoms with Crippen LogP contribution in [0.25, 0.3) is 10.9 Å². The van der Waals surface area contributed by atoms with Gasteiger partial charge in [-0.25, -0.2) is 4.79 Å². The Morgan fingerprint density at radius 1 is 1.50 bits per heavy atom. The van der Waals surface area contributed by atoms with E-state index in [4.69, 9.17) is 5.11 Å². The lowest BCUT2D eigenvalue weighted by atomic mass is 10.1. The fourth-order valence-electron chi connectivity index (χ4n) is 1.61. The second-order valence-corrected chi connectivity index (χ2v) is 4.07. The summed E-state index contributed by atoms with van der Waals surface area (Å²) in [6.07, 6.45) is 1.52. The number of H-pyrrole nitrogens is 1. The summed E-state index contributed by atoms with van der Waals surface area (Å²) in [5.41, 5.74) is 2.12. The summed E-state index contributed by atoms with van der Waals surface area (Å²) >= 11 is 3.36. The van der Waals surface area contributed by atoms with Gasteiger partial charge >= 0.3 is 5.97 Å². The van der Waals surface area contributed by atoms with Crippen molar-refractivity contribution >= 4 is 32.8 Å². The third kappa shape index (κ3) is 1.32. The number of nitrogens with one attached hydrogen (secondary N) is 1. The summed E-state index contributed by atoms with van der Waals surface area (Å²) in [4.78, 5) is 13.8. The number of benzene rings is 1. The normalized spacial score (nSPS) is 10.7. The van der Waals surface area contributed by atoms with Gasteiger partial charge in [-0.05, 0) is 24.6 Å². The van der Waals surface area contributed by atoms with Gasteiger partial charge in [0.25, 0.3) is 0 Å². The van der Waals surface area contributed by atoms with E-state index in [-0.39, 0.29) is 0 Å². The Hall–Kier alpha value is -1.29. The van der Waals surface area contributed by atoms with Crippen LogP contribution in [-0.2, 0) is 0 Å². The first kappa shape index (κ1) is 9.27. The first-order valence-electron chi connectivity index (χ1n) is 4.10. The minimum absolute atomic E-state index is 0.324. The second-order valence-electron chi connectivity index (χ2n) is 3.15. The van der Waals surface area contributed by atoms with Gasteiger partial charge in [0.1, 0.15) is 0 Å². The lowest BCUT2D eigenvalue weighted by Crippen LogP contribution is -1.94. The van der Waals surface area contributed by atoms with Crippen LogP contribution < -0.4 is 0 Å². The van der Waals surface area contributed by atoms with E-state index < -0.39 is 5.97 Å². The Labute approximate surface area is 88.9 Å². The molecule has 0 bridgehead atoms. The Kier molecular flexibility index (Phi) is 2.07. The number of hydrogen-bond acceptors (Lipinski definition) is 1. The molecule has 4 heteroatoms. The van der Waals surface area contributed by atoms with E-state index in [1.54, 1.807) is 0 Å². The lowest BCUT2D eigenvalue weighted by molar-refractivity contribution is 0.0699. The van der Waals surface area contributed by atoms with Crippen LogP contribution in [0.3, 0.4) is 0 Å². The molecule has 0 spiro atoms. The second kappa shape index (κ2) is 3.13. The molecule has 3 nitrogen and oxygen atoms in total. The number of carboxylic acids is 1. The van der Waals surface area contributed by atoms with Crippen LogP contribution in [0.5, 0.6) is 0 Å². The predicted octanol–water partition coefficient (Wildman–Crippen LogP) is 2.94. The van der Waals surface area contributed by atoms with E-state index in [1.165, 1.54) is 6.20 Å². The molecule has 0 unspecified atom stereocenters. The number of rotatable bonds is 1. The lowest BCUT2D eigenvalue weighted by Gasteiger charge is -1.99. The van der Waals surface area contributed by atoms with Crippen molar-refractivity contribution in [2.45, 2.75) is 6.92 Å². The molecule has 0 aliphatic rings. The zero-order valence-electron chi connectivity index (χ0n) is 7.47. The molecule has 0 aliphatic heterocycles. The summed E-state index contributed by atoms with van der Waals surface area (Å²) < 4.78 is 0.946. The van der Waals surface area contributed by atoms with E-state index in [0.717, 1.165) is 20.9 Å². The third-order valence-corrected chi connectivity index (χ3v) is 2.63. The van der Waals surface area contributed by atoms with Gasteiger partial charge in [0.05, 0.1) is 5.56 Å². The molecule has 0 saturated heterocycles. The van der Waals surface area contributed by atoms with Crippen molar-refractivity contribution in [3.8, 4) is 0 Å². The summed E-state index contributed by atoms with van der Waals surface area (Å²) in [5, 5.41) is 9.71. The summed E-state index contributed by atoms with van der Waals surface area (Å²) in [6.45, 7) is 1.90. The van der Waals surface area contributed by atoms with Crippen LogP contribution >= 0.6 is 15.9 Å². The van der Waals surface area contributed by atoms with Crippen LogP contribution in [0.4, 0.5) is 0 Å². The SMILES string of the molecule is Cc1cc(Br)cc2[nH]cc(C(=O)O)c12. The van der Waals surface area contributed by atoms with Crippen LogP contribution in [0.2, 0.25) is 0 Å². The highest BCUT2D eigenvalue weighted by Gasteiger charge is 2.12. The number of aryl methyl sites for hydroxylation is 1. The van der Waals surface area contributed by atoms with Crippen molar-refractivity contribution in [3.05, 3.63) is 33.9 Å². The molecule has 2 aromatic rings. The van der Waals surface area contributed by atoms with Crippen molar-refractivity contribution in [2.75, 3.05) is 0 Å². The molecule has 0 fully saturated rings. The van der Waals surface area contributed by atoms with Crippen molar-refractivity contribution in [3.63, 3.8) is 0 Å². The molecule has 72 valence electrons. The minimum Gasteiger partial charge on any atom is -0.478 e. The average Bonchev–Trinajstić information content (AvgIpc) is 2.47. The molecule has 14 heavy (non-hydrogen) atoms. The fourth-order valence-corrected chi connectivity index (χ4v) is 2.18. The number of aromatic nitrogens is 1. The third-order valence-electron chi connectivity index (χ3n) is 2.17. The first-order valence-corrected chi connectivity index (χ1v) is 4.89. The van der Waals surface area contributed by atoms with Crippen LogP contribution in [0.15, 0.2) is 22.8 Å². The van der Waals surface area contributed by atoms with E-state index in [2.05, 4.69) is 20.9 Å². The van der Waals surface area contributed by atoms with Gasteiger partial charge in [-0.3, -0.25) is 0 Å². The van der Waals surface area contributed by atoms with E-state index in [0.29, 0.717) is 5.56 Å². The average molecular weight is 254 g/mol. The highest BCUT2D eigenvalue weighted by Crippen LogP contribution is 2.26. The highest BCUT2D eigenvalue weighted by atomic mass is 79.9. The number of carboxylic acid groups (broad SMARTS) is 1. The Balaban J connectivity index is 2.85. The van der Waals surface area contributed by atoms with E-state index >= 15 is 0 Å². The topological polar surface area (TPSA) is 53.1 Å².